The fourth-order valence-electron chi connectivity index (χ4n) is 2.82. The molecule has 0 aliphatic carbocycles. The first-order valence-electron chi connectivity index (χ1n) is 9.14. The van der Waals surface area contributed by atoms with E-state index < -0.39 is 0 Å². The van der Waals surface area contributed by atoms with Gasteiger partial charge in [0.2, 0.25) is 0 Å². The molecule has 0 bridgehead atoms. The van der Waals surface area contributed by atoms with E-state index in [1.807, 2.05) is 0 Å². The quantitative estimate of drug-likeness (QED) is 0.183. The van der Waals surface area contributed by atoms with Gasteiger partial charge in [-0.3, -0.25) is 0 Å². The van der Waals surface area contributed by atoms with Gasteiger partial charge in [-0.05, 0) is 25.2 Å². The first-order valence-corrected chi connectivity index (χ1v) is 9.14. The normalized spacial score (nSPS) is 13.0. The SMILES string of the molecule is C[CH-]CC(C)CC(C)CCCOCOCCCCCCC.[Cl-].[Mg+2]. The second-order valence-electron chi connectivity index (χ2n) is 6.58. The summed E-state index contributed by atoms with van der Waals surface area (Å²) in [6.07, 6.45) is 13.7. The van der Waals surface area contributed by atoms with Crippen molar-refractivity contribution >= 4 is 23.1 Å². The molecule has 0 aromatic rings. The van der Waals surface area contributed by atoms with Crippen molar-refractivity contribution in [3.8, 4) is 0 Å². The Bertz CT molecular complexity index is 206. The van der Waals surface area contributed by atoms with Gasteiger partial charge in [0.25, 0.3) is 0 Å². The van der Waals surface area contributed by atoms with Crippen molar-refractivity contribution in [1.29, 1.82) is 0 Å². The van der Waals surface area contributed by atoms with Crippen LogP contribution in [0.25, 0.3) is 0 Å². The maximum absolute atomic E-state index is 5.54. The minimum absolute atomic E-state index is 0. The van der Waals surface area contributed by atoms with Crippen molar-refractivity contribution < 1.29 is 21.9 Å². The standard InChI is InChI=1S/C19H39O2.ClH.Mg/c1-5-7-8-9-10-14-20-17-21-15-11-13-19(4)16-18(3)12-6-2;;/h6,18-19H,5,7-17H2,1-4H3;1H;/q-1;;+2/p-1. The summed E-state index contributed by atoms with van der Waals surface area (Å²) in [5.41, 5.74) is 0. The molecule has 0 heterocycles. The van der Waals surface area contributed by atoms with E-state index in [0.717, 1.165) is 31.5 Å². The van der Waals surface area contributed by atoms with Crippen LogP contribution >= 0.6 is 0 Å². The van der Waals surface area contributed by atoms with Crippen LogP contribution in [-0.2, 0) is 9.47 Å². The van der Waals surface area contributed by atoms with Crippen LogP contribution in [0.4, 0.5) is 0 Å². The minimum atomic E-state index is 0. The summed E-state index contributed by atoms with van der Waals surface area (Å²) in [6.45, 7) is 11.3. The van der Waals surface area contributed by atoms with Crippen LogP contribution in [0.3, 0.4) is 0 Å². The van der Waals surface area contributed by atoms with Crippen molar-refractivity contribution in [1.82, 2.24) is 0 Å². The summed E-state index contributed by atoms with van der Waals surface area (Å²) in [4.78, 5) is 0. The van der Waals surface area contributed by atoms with E-state index in [1.165, 1.54) is 51.4 Å². The molecule has 0 saturated heterocycles. The van der Waals surface area contributed by atoms with E-state index in [1.54, 1.807) is 0 Å². The molecule has 0 spiro atoms. The van der Waals surface area contributed by atoms with Crippen LogP contribution in [0, 0.1) is 18.3 Å². The summed E-state index contributed by atoms with van der Waals surface area (Å²) in [7, 11) is 0. The van der Waals surface area contributed by atoms with Crippen LogP contribution in [0.5, 0.6) is 0 Å². The van der Waals surface area contributed by atoms with Gasteiger partial charge in [0.05, 0.1) is 0 Å². The third-order valence-electron chi connectivity index (χ3n) is 3.99. The zero-order valence-corrected chi connectivity index (χ0v) is 18.3. The fraction of sp³-hybridized carbons (Fsp3) is 0.947. The van der Waals surface area contributed by atoms with Gasteiger partial charge >= 0.3 is 23.1 Å². The number of hydrogen-bond donors (Lipinski definition) is 0. The number of rotatable bonds is 16. The number of hydrogen-bond acceptors (Lipinski definition) is 2. The Kier molecular flexibility index (Phi) is 28.7. The van der Waals surface area contributed by atoms with Crippen LogP contribution in [0.2, 0.25) is 0 Å². The molecule has 0 radical (unpaired) electrons. The molecule has 0 aromatic heterocycles. The molecule has 136 valence electrons. The van der Waals surface area contributed by atoms with E-state index in [2.05, 4.69) is 34.1 Å². The predicted octanol–water partition coefficient (Wildman–Crippen LogP) is 2.63. The van der Waals surface area contributed by atoms with Gasteiger partial charge in [0.15, 0.2) is 0 Å². The molecule has 0 saturated carbocycles. The predicted molar refractivity (Wildman–Crippen MR) is 98.1 cm³/mol. The van der Waals surface area contributed by atoms with Gasteiger partial charge in [-0.1, -0.05) is 58.8 Å². The van der Waals surface area contributed by atoms with Crippen molar-refractivity contribution in [2.24, 2.45) is 11.8 Å². The molecule has 23 heavy (non-hydrogen) atoms. The summed E-state index contributed by atoms with van der Waals surface area (Å²) in [5.74, 6) is 1.63. The summed E-state index contributed by atoms with van der Waals surface area (Å²) >= 11 is 0. The zero-order valence-electron chi connectivity index (χ0n) is 16.1. The average Bonchev–Trinajstić information content (AvgIpc) is 2.45. The van der Waals surface area contributed by atoms with E-state index in [9.17, 15) is 0 Å². The van der Waals surface area contributed by atoms with Gasteiger partial charge in [-0.2, -0.15) is 13.3 Å². The molecule has 2 nitrogen and oxygen atoms in total. The fourth-order valence-corrected chi connectivity index (χ4v) is 2.82. The zero-order chi connectivity index (χ0) is 15.8. The third-order valence-corrected chi connectivity index (χ3v) is 3.99. The first kappa shape index (κ1) is 28.8. The van der Waals surface area contributed by atoms with Crippen LogP contribution in [0.1, 0.15) is 85.5 Å². The molecule has 0 N–H and O–H groups in total. The first-order chi connectivity index (χ1) is 10.2. The second kappa shape index (κ2) is 23.0. The number of unbranched alkanes of at least 4 members (excludes halogenated alkanes) is 4. The smallest absolute Gasteiger partial charge is 1.00 e. The molecule has 0 rings (SSSR count). The van der Waals surface area contributed by atoms with Crippen molar-refractivity contribution in [2.75, 3.05) is 20.0 Å². The Morgan fingerprint density at radius 2 is 1.48 bits per heavy atom. The molecule has 4 heteroatoms. The minimum Gasteiger partial charge on any atom is -1.00 e. The Morgan fingerprint density at radius 1 is 0.870 bits per heavy atom. The molecule has 2 unspecified atom stereocenters. The Morgan fingerprint density at radius 3 is 2.09 bits per heavy atom. The molecule has 2 atom stereocenters. The van der Waals surface area contributed by atoms with E-state index >= 15 is 0 Å². The summed E-state index contributed by atoms with van der Waals surface area (Å²) < 4.78 is 11.0. The Labute approximate surface area is 168 Å². The van der Waals surface area contributed by atoms with Gasteiger partial charge in [-0.15, -0.1) is 0 Å². The monoisotopic (exact) mass is 358 g/mol. The van der Waals surface area contributed by atoms with Crippen LogP contribution in [-0.4, -0.2) is 43.1 Å². The molecular weight excluding hydrogens is 320 g/mol. The Hall–Kier alpha value is 0.976. The van der Waals surface area contributed by atoms with Gasteiger partial charge in [0, 0.05) is 13.2 Å². The maximum atomic E-state index is 5.54. The molecule has 0 fully saturated rings. The molecule has 0 amide bonds. The number of ether oxygens (including phenoxy) is 2. The third kappa shape index (κ3) is 23.0. The topological polar surface area (TPSA) is 18.5 Å². The van der Waals surface area contributed by atoms with E-state index in [4.69, 9.17) is 9.47 Å². The maximum Gasteiger partial charge on any atom is 2.00 e. The average molecular weight is 359 g/mol. The second-order valence-corrected chi connectivity index (χ2v) is 6.58. The molecular formula is C19H39ClMgO2. The van der Waals surface area contributed by atoms with Gasteiger partial charge < -0.3 is 28.3 Å². The van der Waals surface area contributed by atoms with Crippen molar-refractivity contribution in [3.63, 3.8) is 0 Å². The van der Waals surface area contributed by atoms with Crippen LogP contribution in [0.15, 0.2) is 0 Å². The van der Waals surface area contributed by atoms with E-state index in [0.29, 0.717) is 6.79 Å². The molecule has 0 aromatic carbocycles. The largest absolute Gasteiger partial charge is 2.00 e. The summed E-state index contributed by atoms with van der Waals surface area (Å²) in [6, 6.07) is 0. The van der Waals surface area contributed by atoms with Gasteiger partial charge in [0.1, 0.15) is 6.79 Å². The molecule has 0 aliphatic heterocycles. The van der Waals surface area contributed by atoms with Crippen LogP contribution < -0.4 is 12.4 Å². The van der Waals surface area contributed by atoms with E-state index in [-0.39, 0.29) is 35.5 Å². The summed E-state index contributed by atoms with van der Waals surface area (Å²) in [5, 5.41) is 0. The Balaban J connectivity index is -0.00000200. The van der Waals surface area contributed by atoms with Crippen molar-refractivity contribution in [2.45, 2.75) is 85.5 Å². The van der Waals surface area contributed by atoms with Crippen molar-refractivity contribution in [3.05, 3.63) is 6.42 Å². The molecule has 0 aliphatic rings. The number of halogens is 1. The van der Waals surface area contributed by atoms with Gasteiger partial charge in [-0.25, -0.2) is 0 Å².